The molecule has 0 atom stereocenters. The van der Waals surface area contributed by atoms with Gasteiger partial charge in [0.2, 0.25) is 0 Å². The first kappa shape index (κ1) is 6.84. The average Bonchev–Trinajstić information content (AvgIpc) is 2.58. The number of nitrogens with one attached hydrogen (secondary N) is 1. The molecule has 0 aromatic carbocycles. The Kier molecular flexibility index (Phi) is 1.33. The van der Waals surface area contributed by atoms with Gasteiger partial charge >= 0.3 is 5.76 Å². The summed E-state index contributed by atoms with van der Waals surface area (Å²) in [5, 5.41) is 7.42. The Morgan fingerprint density at radius 1 is 1.67 bits per heavy atom. The summed E-state index contributed by atoms with van der Waals surface area (Å²) in [5.41, 5.74) is 0.725. The summed E-state index contributed by atoms with van der Waals surface area (Å²) in [6.07, 6.45) is 3.32. The van der Waals surface area contributed by atoms with Gasteiger partial charge in [0.05, 0.1) is 11.8 Å². The zero-order valence-corrected chi connectivity index (χ0v) is 6.31. The van der Waals surface area contributed by atoms with Crippen LogP contribution >= 0.6 is 0 Å². The van der Waals surface area contributed by atoms with Crippen LogP contribution in [-0.2, 0) is 7.05 Å². The fourth-order valence-electron chi connectivity index (χ4n) is 0.898. The molecule has 0 bridgehead atoms. The summed E-state index contributed by atoms with van der Waals surface area (Å²) < 4.78 is 5.94. The Morgan fingerprint density at radius 2 is 2.50 bits per heavy atom. The van der Waals surface area contributed by atoms with E-state index in [0.29, 0.717) is 5.82 Å². The Hall–Kier alpha value is -1.85. The maximum atomic E-state index is 10.6. The largest absolute Gasteiger partial charge is 0.439 e. The molecule has 1 N–H and O–H groups in total. The van der Waals surface area contributed by atoms with Crippen molar-refractivity contribution in [3.63, 3.8) is 0 Å². The van der Waals surface area contributed by atoms with E-state index in [1.54, 1.807) is 24.1 Å². The lowest BCUT2D eigenvalue weighted by molar-refractivity contribution is 0.388. The van der Waals surface area contributed by atoms with Gasteiger partial charge in [-0.1, -0.05) is 5.16 Å². The number of hydrogen-bond acceptors (Lipinski definition) is 4. The van der Waals surface area contributed by atoms with Crippen molar-refractivity contribution in [2.45, 2.75) is 0 Å². The fraction of sp³-hybridized carbons (Fsp3) is 0.167. The molecule has 0 unspecified atom stereocenters. The SMILES string of the molecule is Cn1cc(-c2noc(=O)[nH]2)cn1. The summed E-state index contributed by atoms with van der Waals surface area (Å²) in [4.78, 5) is 13.0. The second-order valence-electron chi connectivity index (χ2n) is 2.35. The topological polar surface area (TPSA) is 76.7 Å². The summed E-state index contributed by atoms with van der Waals surface area (Å²) in [6, 6.07) is 0. The van der Waals surface area contributed by atoms with Crippen molar-refractivity contribution in [2.24, 2.45) is 7.05 Å². The number of rotatable bonds is 1. The zero-order valence-electron chi connectivity index (χ0n) is 6.31. The van der Waals surface area contributed by atoms with Gasteiger partial charge in [-0.25, -0.2) is 4.79 Å². The molecule has 0 aliphatic heterocycles. The Morgan fingerprint density at radius 3 is 3.00 bits per heavy atom. The van der Waals surface area contributed by atoms with Crippen LogP contribution in [0.1, 0.15) is 0 Å². The molecule has 0 radical (unpaired) electrons. The Balaban J connectivity index is 2.50. The lowest BCUT2D eigenvalue weighted by Gasteiger charge is -1.83. The molecule has 12 heavy (non-hydrogen) atoms. The van der Waals surface area contributed by atoms with Crippen molar-refractivity contribution >= 4 is 0 Å². The molecule has 0 aliphatic rings. The van der Waals surface area contributed by atoms with Gasteiger partial charge in [0, 0.05) is 13.2 Å². The number of aryl methyl sites for hydroxylation is 1. The van der Waals surface area contributed by atoms with E-state index in [-0.39, 0.29) is 0 Å². The molecule has 2 aromatic heterocycles. The fourth-order valence-corrected chi connectivity index (χ4v) is 0.898. The zero-order chi connectivity index (χ0) is 8.55. The highest BCUT2D eigenvalue weighted by Crippen LogP contribution is 2.09. The van der Waals surface area contributed by atoms with Crippen molar-refractivity contribution in [1.82, 2.24) is 19.9 Å². The molecule has 0 saturated carbocycles. The van der Waals surface area contributed by atoms with E-state index >= 15 is 0 Å². The molecular weight excluding hydrogens is 160 g/mol. The summed E-state index contributed by atoms with van der Waals surface area (Å²) in [5.74, 6) is -0.165. The van der Waals surface area contributed by atoms with E-state index in [2.05, 4.69) is 19.8 Å². The Bertz CT molecular complexity index is 438. The molecule has 2 rings (SSSR count). The van der Waals surface area contributed by atoms with Gasteiger partial charge in [0.1, 0.15) is 0 Å². The van der Waals surface area contributed by atoms with E-state index < -0.39 is 5.76 Å². The minimum atomic E-state index is -0.561. The van der Waals surface area contributed by atoms with E-state index in [1.165, 1.54) is 0 Å². The molecule has 0 aliphatic carbocycles. The van der Waals surface area contributed by atoms with E-state index in [9.17, 15) is 4.79 Å². The number of nitrogens with zero attached hydrogens (tertiary/aromatic N) is 3. The maximum absolute atomic E-state index is 10.6. The van der Waals surface area contributed by atoms with Crippen LogP contribution in [0, 0.1) is 0 Å². The number of aromatic amines is 1. The molecule has 6 nitrogen and oxygen atoms in total. The van der Waals surface area contributed by atoms with E-state index in [1.807, 2.05) is 0 Å². The molecule has 0 saturated heterocycles. The van der Waals surface area contributed by atoms with Gasteiger partial charge in [-0.05, 0) is 0 Å². The number of aromatic nitrogens is 4. The van der Waals surface area contributed by atoms with Crippen LogP contribution in [0.25, 0.3) is 11.4 Å². The van der Waals surface area contributed by atoms with Crippen LogP contribution in [0.15, 0.2) is 21.7 Å². The molecule has 62 valence electrons. The lowest BCUT2D eigenvalue weighted by Crippen LogP contribution is -1.94. The molecule has 0 spiro atoms. The number of H-pyrrole nitrogens is 1. The standard InChI is InChI=1S/C6H6N4O2/c1-10-3-4(2-7-10)5-8-6(11)12-9-5/h2-3H,1H3,(H,8,9,11). The van der Waals surface area contributed by atoms with Crippen LogP contribution in [-0.4, -0.2) is 19.9 Å². The molecule has 2 heterocycles. The van der Waals surface area contributed by atoms with Gasteiger partial charge in [0.25, 0.3) is 0 Å². The van der Waals surface area contributed by atoms with Crippen LogP contribution in [0.2, 0.25) is 0 Å². The molecule has 2 aromatic rings. The minimum Gasteiger partial charge on any atom is -0.296 e. The maximum Gasteiger partial charge on any atom is 0.439 e. The first-order valence-electron chi connectivity index (χ1n) is 3.31. The van der Waals surface area contributed by atoms with Crippen LogP contribution < -0.4 is 5.76 Å². The quantitative estimate of drug-likeness (QED) is 0.634. The predicted octanol–water partition coefficient (Wildman–Crippen LogP) is -0.237. The monoisotopic (exact) mass is 166 g/mol. The first-order valence-corrected chi connectivity index (χ1v) is 3.31. The van der Waals surface area contributed by atoms with E-state index in [4.69, 9.17) is 0 Å². The second kappa shape index (κ2) is 2.33. The van der Waals surface area contributed by atoms with Crippen LogP contribution in [0.4, 0.5) is 0 Å². The van der Waals surface area contributed by atoms with Crippen LogP contribution in [0.5, 0.6) is 0 Å². The summed E-state index contributed by atoms with van der Waals surface area (Å²) in [7, 11) is 1.78. The highest BCUT2D eigenvalue weighted by molar-refractivity contribution is 5.50. The highest BCUT2D eigenvalue weighted by Gasteiger charge is 2.04. The summed E-state index contributed by atoms with van der Waals surface area (Å²) in [6.45, 7) is 0. The smallest absolute Gasteiger partial charge is 0.296 e. The van der Waals surface area contributed by atoms with Crippen molar-refractivity contribution in [1.29, 1.82) is 0 Å². The third-order valence-electron chi connectivity index (χ3n) is 1.42. The molecule has 6 heteroatoms. The minimum absolute atomic E-state index is 0.396. The van der Waals surface area contributed by atoms with Gasteiger partial charge in [-0.15, -0.1) is 0 Å². The van der Waals surface area contributed by atoms with Gasteiger partial charge in [-0.3, -0.25) is 14.2 Å². The third-order valence-corrected chi connectivity index (χ3v) is 1.42. The highest BCUT2D eigenvalue weighted by atomic mass is 16.5. The van der Waals surface area contributed by atoms with E-state index in [0.717, 1.165) is 5.56 Å². The van der Waals surface area contributed by atoms with Crippen molar-refractivity contribution in [3.05, 3.63) is 22.9 Å². The first-order chi connectivity index (χ1) is 5.75. The number of hydrogen-bond donors (Lipinski definition) is 1. The Labute approximate surface area is 66.8 Å². The molecule has 0 fully saturated rings. The predicted molar refractivity (Wildman–Crippen MR) is 39.3 cm³/mol. The van der Waals surface area contributed by atoms with Crippen molar-refractivity contribution < 1.29 is 4.52 Å². The van der Waals surface area contributed by atoms with Crippen molar-refractivity contribution in [2.75, 3.05) is 0 Å². The van der Waals surface area contributed by atoms with Gasteiger partial charge < -0.3 is 0 Å². The third kappa shape index (κ3) is 1.03. The average molecular weight is 166 g/mol. The van der Waals surface area contributed by atoms with Gasteiger partial charge in [-0.2, -0.15) is 5.10 Å². The molecular formula is C6H6N4O2. The van der Waals surface area contributed by atoms with Crippen LogP contribution in [0.3, 0.4) is 0 Å². The second-order valence-corrected chi connectivity index (χ2v) is 2.35. The lowest BCUT2D eigenvalue weighted by atomic mass is 10.3. The normalized spacial score (nSPS) is 10.4. The van der Waals surface area contributed by atoms with Crippen molar-refractivity contribution in [3.8, 4) is 11.4 Å². The molecule has 0 amide bonds. The summed E-state index contributed by atoms with van der Waals surface area (Å²) >= 11 is 0. The van der Waals surface area contributed by atoms with Gasteiger partial charge in [0.15, 0.2) is 5.82 Å².